The number of carboxylic acid groups (broad SMARTS) is 1. The summed E-state index contributed by atoms with van der Waals surface area (Å²) < 4.78 is 2.09. The summed E-state index contributed by atoms with van der Waals surface area (Å²) in [5.74, 6) is -0.861. The molecule has 0 radical (unpaired) electrons. The largest absolute Gasteiger partial charge is 0.477 e. The maximum atomic E-state index is 10.6. The predicted molar refractivity (Wildman–Crippen MR) is 55.9 cm³/mol. The van der Waals surface area contributed by atoms with Crippen molar-refractivity contribution in [3.63, 3.8) is 0 Å². The molecule has 0 amide bonds. The van der Waals surface area contributed by atoms with E-state index in [2.05, 4.69) is 27.6 Å². The standard InChI is InChI=1S/C7H4INO2S/c8-3-2-9-4-1-5(7(10)11)12-6(3)4/h1-2,9H,(H,10,11). The first-order valence-electron chi connectivity index (χ1n) is 3.18. The highest BCUT2D eigenvalue weighted by atomic mass is 127. The van der Waals surface area contributed by atoms with Crippen LogP contribution in [0.3, 0.4) is 0 Å². The number of halogens is 1. The fraction of sp³-hybridized carbons (Fsp3) is 0. The van der Waals surface area contributed by atoms with E-state index in [0.717, 1.165) is 13.8 Å². The summed E-state index contributed by atoms with van der Waals surface area (Å²) in [4.78, 5) is 14.0. The zero-order valence-corrected chi connectivity index (χ0v) is 8.77. The van der Waals surface area contributed by atoms with E-state index in [1.54, 1.807) is 6.07 Å². The van der Waals surface area contributed by atoms with Crippen LogP contribution in [-0.2, 0) is 0 Å². The highest BCUT2D eigenvalue weighted by molar-refractivity contribution is 14.1. The number of thiophene rings is 1. The molecule has 2 N–H and O–H groups in total. The highest BCUT2D eigenvalue weighted by Gasteiger charge is 2.10. The summed E-state index contributed by atoms with van der Waals surface area (Å²) in [7, 11) is 0. The lowest BCUT2D eigenvalue weighted by molar-refractivity contribution is 0.0702. The number of nitrogens with one attached hydrogen (secondary N) is 1. The summed E-state index contributed by atoms with van der Waals surface area (Å²) in [5.41, 5.74) is 0.904. The van der Waals surface area contributed by atoms with Crippen LogP contribution in [0.25, 0.3) is 10.2 Å². The Balaban J connectivity index is 2.70. The molecule has 0 atom stereocenters. The van der Waals surface area contributed by atoms with Gasteiger partial charge in [0.25, 0.3) is 0 Å². The molecule has 62 valence electrons. The summed E-state index contributed by atoms with van der Waals surface area (Å²) >= 11 is 3.48. The van der Waals surface area contributed by atoms with Crippen molar-refractivity contribution in [2.45, 2.75) is 0 Å². The molecule has 0 aliphatic carbocycles. The monoisotopic (exact) mass is 293 g/mol. The van der Waals surface area contributed by atoms with Crippen molar-refractivity contribution in [1.82, 2.24) is 4.98 Å². The van der Waals surface area contributed by atoms with Gasteiger partial charge in [-0.25, -0.2) is 4.79 Å². The Kier molecular flexibility index (Phi) is 1.84. The van der Waals surface area contributed by atoms with E-state index in [4.69, 9.17) is 5.11 Å². The molecule has 0 fully saturated rings. The molecule has 2 rings (SSSR count). The Bertz CT molecular complexity index is 445. The fourth-order valence-corrected chi connectivity index (χ4v) is 2.63. The normalized spacial score (nSPS) is 10.8. The topological polar surface area (TPSA) is 53.1 Å². The summed E-state index contributed by atoms with van der Waals surface area (Å²) in [6, 6.07) is 1.66. The van der Waals surface area contributed by atoms with Gasteiger partial charge >= 0.3 is 5.97 Å². The molecule has 12 heavy (non-hydrogen) atoms. The molecule has 2 aromatic heterocycles. The molecule has 0 aromatic carbocycles. The van der Waals surface area contributed by atoms with Gasteiger partial charge in [0.2, 0.25) is 0 Å². The van der Waals surface area contributed by atoms with Gasteiger partial charge in [0.1, 0.15) is 4.88 Å². The van der Waals surface area contributed by atoms with Gasteiger partial charge in [-0.15, -0.1) is 11.3 Å². The maximum Gasteiger partial charge on any atom is 0.345 e. The Morgan fingerprint density at radius 1 is 1.67 bits per heavy atom. The van der Waals surface area contributed by atoms with Crippen molar-refractivity contribution in [2.24, 2.45) is 0 Å². The molecular formula is C7H4INO2S. The van der Waals surface area contributed by atoms with Gasteiger partial charge in [-0.1, -0.05) is 0 Å². The second-order valence-electron chi connectivity index (χ2n) is 2.30. The third kappa shape index (κ3) is 1.13. The van der Waals surface area contributed by atoms with Crippen LogP contribution in [0.4, 0.5) is 0 Å². The second kappa shape index (κ2) is 2.74. The van der Waals surface area contributed by atoms with Crippen molar-refractivity contribution in [3.8, 4) is 0 Å². The van der Waals surface area contributed by atoms with Crippen molar-refractivity contribution in [3.05, 3.63) is 20.7 Å². The van der Waals surface area contributed by atoms with Crippen LogP contribution in [0.2, 0.25) is 0 Å². The molecule has 0 unspecified atom stereocenters. The number of hydrogen-bond acceptors (Lipinski definition) is 2. The molecule has 2 heterocycles. The Hall–Kier alpha value is -0.560. The Labute approximate surface area is 85.5 Å². The first kappa shape index (κ1) is 8.06. The molecule has 0 saturated carbocycles. The number of aromatic carboxylic acids is 1. The van der Waals surface area contributed by atoms with Crippen LogP contribution in [-0.4, -0.2) is 16.1 Å². The molecule has 0 bridgehead atoms. The first-order valence-corrected chi connectivity index (χ1v) is 5.07. The number of aromatic nitrogens is 1. The molecule has 0 saturated heterocycles. The van der Waals surface area contributed by atoms with Crippen molar-refractivity contribution < 1.29 is 9.90 Å². The minimum absolute atomic E-state index is 0.384. The third-order valence-corrected chi connectivity index (χ3v) is 3.89. The minimum Gasteiger partial charge on any atom is -0.477 e. The molecule has 0 aliphatic rings. The summed E-state index contributed by atoms with van der Waals surface area (Å²) in [6.45, 7) is 0. The zero-order chi connectivity index (χ0) is 8.72. The first-order chi connectivity index (χ1) is 5.68. The van der Waals surface area contributed by atoms with E-state index in [0.29, 0.717) is 4.88 Å². The van der Waals surface area contributed by atoms with Crippen LogP contribution < -0.4 is 0 Å². The SMILES string of the molecule is O=C(O)c1cc2[nH]cc(I)c2s1. The van der Waals surface area contributed by atoms with Gasteiger partial charge < -0.3 is 10.1 Å². The van der Waals surface area contributed by atoms with Crippen LogP contribution >= 0.6 is 33.9 Å². The number of H-pyrrole nitrogens is 1. The number of hydrogen-bond donors (Lipinski definition) is 2. The van der Waals surface area contributed by atoms with Crippen LogP contribution in [0.15, 0.2) is 12.3 Å². The van der Waals surface area contributed by atoms with Crippen molar-refractivity contribution >= 4 is 50.1 Å². The van der Waals surface area contributed by atoms with E-state index in [-0.39, 0.29) is 0 Å². The second-order valence-corrected chi connectivity index (χ2v) is 4.51. The Morgan fingerprint density at radius 3 is 3.00 bits per heavy atom. The molecule has 0 aliphatic heterocycles. The molecule has 2 aromatic rings. The van der Waals surface area contributed by atoms with Gasteiger partial charge in [0.15, 0.2) is 0 Å². The van der Waals surface area contributed by atoms with Crippen LogP contribution in [0.5, 0.6) is 0 Å². The van der Waals surface area contributed by atoms with E-state index >= 15 is 0 Å². The van der Waals surface area contributed by atoms with E-state index in [1.807, 2.05) is 6.20 Å². The molecule has 5 heteroatoms. The van der Waals surface area contributed by atoms with Gasteiger partial charge in [-0.3, -0.25) is 0 Å². The van der Waals surface area contributed by atoms with E-state index in [1.165, 1.54) is 11.3 Å². The molecular weight excluding hydrogens is 289 g/mol. The van der Waals surface area contributed by atoms with E-state index in [9.17, 15) is 4.79 Å². The lowest BCUT2D eigenvalue weighted by atomic mass is 10.4. The average molecular weight is 293 g/mol. The average Bonchev–Trinajstić information content (AvgIpc) is 2.53. The van der Waals surface area contributed by atoms with Gasteiger partial charge in [-0.05, 0) is 28.7 Å². The number of rotatable bonds is 1. The lowest BCUT2D eigenvalue weighted by Gasteiger charge is -1.81. The molecule has 0 spiro atoms. The number of fused-ring (bicyclic) bond motifs is 1. The van der Waals surface area contributed by atoms with Gasteiger partial charge in [-0.2, -0.15) is 0 Å². The summed E-state index contributed by atoms with van der Waals surface area (Å²) in [6.07, 6.45) is 1.87. The smallest absolute Gasteiger partial charge is 0.345 e. The predicted octanol–water partition coefficient (Wildman–Crippen LogP) is 2.53. The molecule has 3 nitrogen and oxygen atoms in total. The van der Waals surface area contributed by atoms with E-state index < -0.39 is 5.97 Å². The maximum absolute atomic E-state index is 10.6. The Morgan fingerprint density at radius 2 is 2.42 bits per heavy atom. The third-order valence-electron chi connectivity index (χ3n) is 1.51. The fourth-order valence-electron chi connectivity index (χ4n) is 0.988. The number of carbonyl (C=O) groups is 1. The van der Waals surface area contributed by atoms with Crippen molar-refractivity contribution in [1.29, 1.82) is 0 Å². The number of carboxylic acids is 1. The minimum atomic E-state index is -0.861. The van der Waals surface area contributed by atoms with Gasteiger partial charge in [0.05, 0.1) is 10.2 Å². The zero-order valence-electron chi connectivity index (χ0n) is 5.80. The van der Waals surface area contributed by atoms with Gasteiger partial charge in [0, 0.05) is 9.77 Å². The van der Waals surface area contributed by atoms with Crippen LogP contribution in [0, 0.1) is 3.57 Å². The van der Waals surface area contributed by atoms with Crippen molar-refractivity contribution in [2.75, 3.05) is 0 Å². The lowest BCUT2D eigenvalue weighted by Crippen LogP contribution is -1.89. The quantitative estimate of drug-likeness (QED) is 0.794. The summed E-state index contributed by atoms with van der Waals surface area (Å²) in [5, 5.41) is 8.69. The number of aromatic amines is 1. The van der Waals surface area contributed by atoms with Crippen LogP contribution in [0.1, 0.15) is 9.67 Å². The highest BCUT2D eigenvalue weighted by Crippen LogP contribution is 2.28.